The predicted molar refractivity (Wildman–Crippen MR) is 68.8 cm³/mol. The number of aliphatic carboxylic acids is 1. The molecule has 1 atom stereocenters. The van der Waals surface area contributed by atoms with E-state index in [2.05, 4.69) is 10.2 Å². The van der Waals surface area contributed by atoms with Crippen LogP contribution in [0.15, 0.2) is 18.2 Å². The summed E-state index contributed by atoms with van der Waals surface area (Å²) in [7, 11) is 0. The van der Waals surface area contributed by atoms with Crippen LogP contribution in [0.3, 0.4) is 0 Å². The Morgan fingerprint density at radius 1 is 1.37 bits per heavy atom. The molecule has 19 heavy (non-hydrogen) atoms. The fourth-order valence-corrected chi connectivity index (χ4v) is 2.39. The molecule has 2 N–H and O–H groups in total. The molecule has 0 amide bonds. The third-order valence-electron chi connectivity index (χ3n) is 3.46. The van der Waals surface area contributed by atoms with E-state index in [-0.39, 0.29) is 6.79 Å². The van der Waals surface area contributed by atoms with Crippen LogP contribution in [0.2, 0.25) is 0 Å². The van der Waals surface area contributed by atoms with E-state index in [0.717, 1.165) is 30.3 Å². The highest BCUT2D eigenvalue weighted by Crippen LogP contribution is 2.35. The molecule has 0 aromatic heterocycles. The summed E-state index contributed by atoms with van der Waals surface area (Å²) in [6.07, 6.45) is 0. The predicted octanol–water partition coefficient (Wildman–Crippen LogP) is 0.526. The van der Waals surface area contributed by atoms with Gasteiger partial charge >= 0.3 is 5.97 Å². The van der Waals surface area contributed by atoms with Crippen molar-refractivity contribution in [2.45, 2.75) is 0 Å². The standard InChI is InChI=1S/C13H16N2O4/c16-13(17)9-6-14-3-4-15(7-9)10-1-2-11-12(5-10)19-8-18-11/h1-2,5,9,14H,3-4,6-8H2,(H,16,17). The van der Waals surface area contributed by atoms with Gasteiger partial charge in [0, 0.05) is 37.9 Å². The summed E-state index contributed by atoms with van der Waals surface area (Å²) in [5.74, 6) is 0.307. The van der Waals surface area contributed by atoms with Gasteiger partial charge in [0.15, 0.2) is 11.5 Å². The van der Waals surface area contributed by atoms with Gasteiger partial charge in [-0.1, -0.05) is 0 Å². The van der Waals surface area contributed by atoms with E-state index < -0.39 is 11.9 Å². The summed E-state index contributed by atoms with van der Waals surface area (Å²) < 4.78 is 10.6. The SMILES string of the molecule is O=C(O)C1CNCCN(c2ccc3c(c2)OCO3)C1. The molecule has 3 rings (SSSR count). The fourth-order valence-electron chi connectivity index (χ4n) is 2.39. The molecule has 2 heterocycles. The monoisotopic (exact) mass is 264 g/mol. The number of hydrogen-bond acceptors (Lipinski definition) is 5. The van der Waals surface area contributed by atoms with Crippen molar-refractivity contribution in [3.63, 3.8) is 0 Å². The van der Waals surface area contributed by atoms with Crippen molar-refractivity contribution in [3.8, 4) is 11.5 Å². The minimum Gasteiger partial charge on any atom is -0.481 e. The molecule has 6 heteroatoms. The molecule has 0 radical (unpaired) electrons. The quantitative estimate of drug-likeness (QED) is 0.811. The smallest absolute Gasteiger partial charge is 0.309 e. The average molecular weight is 264 g/mol. The van der Waals surface area contributed by atoms with Gasteiger partial charge in [-0.15, -0.1) is 0 Å². The minimum absolute atomic E-state index is 0.248. The summed E-state index contributed by atoms with van der Waals surface area (Å²) in [6.45, 7) is 2.82. The van der Waals surface area contributed by atoms with Crippen molar-refractivity contribution in [1.29, 1.82) is 0 Å². The van der Waals surface area contributed by atoms with Crippen molar-refractivity contribution < 1.29 is 19.4 Å². The molecule has 1 aromatic carbocycles. The van der Waals surface area contributed by atoms with Crippen LogP contribution in [0.5, 0.6) is 11.5 Å². The van der Waals surface area contributed by atoms with E-state index in [9.17, 15) is 9.90 Å². The topological polar surface area (TPSA) is 71.0 Å². The minimum atomic E-state index is -0.764. The van der Waals surface area contributed by atoms with E-state index in [1.807, 2.05) is 18.2 Å². The Kier molecular flexibility index (Phi) is 3.16. The third kappa shape index (κ3) is 2.44. The highest BCUT2D eigenvalue weighted by molar-refractivity contribution is 5.71. The van der Waals surface area contributed by atoms with Crippen molar-refractivity contribution in [2.24, 2.45) is 5.92 Å². The molecule has 0 bridgehead atoms. The molecule has 1 fully saturated rings. The zero-order valence-electron chi connectivity index (χ0n) is 10.5. The van der Waals surface area contributed by atoms with Gasteiger partial charge < -0.3 is 24.8 Å². The van der Waals surface area contributed by atoms with Crippen molar-refractivity contribution >= 4 is 11.7 Å². The van der Waals surface area contributed by atoms with E-state index in [1.54, 1.807) is 0 Å². The van der Waals surface area contributed by atoms with Crippen LogP contribution in [0.25, 0.3) is 0 Å². The molecule has 2 aliphatic heterocycles. The Morgan fingerprint density at radius 3 is 3.05 bits per heavy atom. The molecule has 0 aliphatic carbocycles. The highest BCUT2D eigenvalue weighted by Gasteiger charge is 2.24. The molecule has 0 spiro atoms. The lowest BCUT2D eigenvalue weighted by molar-refractivity contribution is -0.141. The van der Waals surface area contributed by atoms with Crippen molar-refractivity contribution in [3.05, 3.63) is 18.2 Å². The number of hydrogen-bond donors (Lipinski definition) is 2. The Labute approximate surface area is 110 Å². The van der Waals surface area contributed by atoms with Crippen molar-refractivity contribution in [2.75, 3.05) is 37.9 Å². The molecule has 1 saturated heterocycles. The van der Waals surface area contributed by atoms with Gasteiger partial charge in [0.25, 0.3) is 0 Å². The molecule has 102 valence electrons. The average Bonchev–Trinajstić information content (AvgIpc) is 2.72. The summed E-state index contributed by atoms with van der Waals surface area (Å²) in [6, 6.07) is 5.72. The second-order valence-corrected chi connectivity index (χ2v) is 4.72. The Morgan fingerprint density at radius 2 is 2.21 bits per heavy atom. The van der Waals surface area contributed by atoms with E-state index >= 15 is 0 Å². The van der Waals surface area contributed by atoms with Crippen LogP contribution in [-0.4, -0.2) is 44.0 Å². The molecule has 6 nitrogen and oxygen atoms in total. The van der Waals surface area contributed by atoms with E-state index in [1.165, 1.54) is 0 Å². The maximum absolute atomic E-state index is 11.2. The number of carboxylic acids is 1. The summed E-state index contributed by atoms with van der Waals surface area (Å²) in [5.41, 5.74) is 0.971. The summed E-state index contributed by atoms with van der Waals surface area (Å²) in [5, 5.41) is 12.3. The van der Waals surface area contributed by atoms with Crippen LogP contribution in [0.4, 0.5) is 5.69 Å². The van der Waals surface area contributed by atoms with Crippen LogP contribution in [0.1, 0.15) is 0 Å². The van der Waals surface area contributed by atoms with Crippen LogP contribution < -0.4 is 19.7 Å². The maximum atomic E-state index is 11.2. The van der Waals surface area contributed by atoms with E-state index in [4.69, 9.17) is 9.47 Å². The number of nitrogens with one attached hydrogen (secondary N) is 1. The van der Waals surface area contributed by atoms with Gasteiger partial charge in [-0.2, -0.15) is 0 Å². The molecular weight excluding hydrogens is 248 g/mol. The number of rotatable bonds is 2. The fraction of sp³-hybridized carbons (Fsp3) is 0.462. The second kappa shape index (κ2) is 4.97. The van der Waals surface area contributed by atoms with Crippen LogP contribution in [-0.2, 0) is 4.79 Å². The molecule has 0 saturated carbocycles. The Bertz CT molecular complexity index is 492. The first-order valence-electron chi connectivity index (χ1n) is 6.32. The number of carbonyl (C=O) groups is 1. The lowest BCUT2D eigenvalue weighted by Gasteiger charge is -2.24. The molecular formula is C13H16N2O4. The number of carboxylic acid groups (broad SMARTS) is 1. The third-order valence-corrected chi connectivity index (χ3v) is 3.46. The first-order valence-corrected chi connectivity index (χ1v) is 6.32. The molecule has 1 unspecified atom stereocenters. The van der Waals surface area contributed by atoms with Gasteiger partial charge in [-0.25, -0.2) is 0 Å². The zero-order chi connectivity index (χ0) is 13.2. The van der Waals surface area contributed by atoms with Gasteiger partial charge in [0.2, 0.25) is 6.79 Å². The molecule has 2 aliphatic rings. The Hall–Kier alpha value is -1.95. The lowest BCUT2D eigenvalue weighted by Crippen LogP contribution is -2.33. The zero-order valence-corrected chi connectivity index (χ0v) is 10.5. The van der Waals surface area contributed by atoms with Crippen LogP contribution >= 0.6 is 0 Å². The van der Waals surface area contributed by atoms with Gasteiger partial charge in [-0.3, -0.25) is 4.79 Å². The Balaban J connectivity index is 1.81. The lowest BCUT2D eigenvalue weighted by atomic mass is 10.1. The van der Waals surface area contributed by atoms with Gasteiger partial charge in [0.05, 0.1) is 5.92 Å². The number of nitrogens with zero attached hydrogens (tertiary/aromatic N) is 1. The second-order valence-electron chi connectivity index (χ2n) is 4.72. The van der Waals surface area contributed by atoms with Crippen molar-refractivity contribution in [1.82, 2.24) is 5.32 Å². The first kappa shape index (κ1) is 12.1. The first-order chi connectivity index (χ1) is 9.24. The van der Waals surface area contributed by atoms with E-state index in [0.29, 0.717) is 13.1 Å². The van der Waals surface area contributed by atoms with Crippen LogP contribution in [0, 0.1) is 5.92 Å². The maximum Gasteiger partial charge on any atom is 0.309 e. The largest absolute Gasteiger partial charge is 0.481 e. The highest BCUT2D eigenvalue weighted by atomic mass is 16.7. The number of benzene rings is 1. The summed E-state index contributed by atoms with van der Waals surface area (Å²) >= 11 is 0. The number of anilines is 1. The number of fused-ring (bicyclic) bond motifs is 1. The van der Waals surface area contributed by atoms with Gasteiger partial charge in [-0.05, 0) is 12.1 Å². The van der Waals surface area contributed by atoms with Gasteiger partial charge in [0.1, 0.15) is 0 Å². The molecule has 1 aromatic rings. The number of ether oxygens (including phenoxy) is 2. The normalized spacial score (nSPS) is 22.1. The summed E-state index contributed by atoms with van der Waals surface area (Å²) in [4.78, 5) is 13.2.